The number of benzene rings is 10. The standard InChI is InChI=1S/C50H30O/c1-2-14-32(15-3-1)48-36-27-26-33(29-34(36)30-45-39-17-10-11-24-46(39)51-50(45)48)47-41-18-6-8-20-43(41)49(44-21-9-7-19-42(44)47)40-23-12-22-37-35-16-5-4-13-31(35)25-28-38(37)40/h1-30H/i1D,2D,3D,6D,7D,8D,9D,14D,15D,18D,19D,20D,21D. The van der Waals surface area contributed by atoms with Crippen LogP contribution in [0.3, 0.4) is 0 Å². The smallest absolute Gasteiger partial charge is 0.143 e. The molecule has 0 fully saturated rings. The maximum Gasteiger partial charge on any atom is 0.143 e. The van der Waals surface area contributed by atoms with E-state index in [4.69, 9.17) is 16.8 Å². The van der Waals surface area contributed by atoms with Gasteiger partial charge in [0.05, 0.1) is 17.8 Å². The van der Waals surface area contributed by atoms with Gasteiger partial charge in [-0.25, -0.2) is 0 Å². The first-order valence-corrected chi connectivity index (χ1v) is 16.5. The third-order valence-corrected chi connectivity index (χ3v) is 9.95. The van der Waals surface area contributed by atoms with E-state index in [1.54, 1.807) is 30.3 Å². The van der Waals surface area contributed by atoms with E-state index in [0.717, 1.165) is 21.5 Å². The molecule has 1 nitrogen and oxygen atoms in total. The van der Waals surface area contributed by atoms with Crippen molar-refractivity contribution in [3.8, 4) is 33.4 Å². The van der Waals surface area contributed by atoms with Crippen molar-refractivity contribution in [3.63, 3.8) is 0 Å². The van der Waals surface area contributed by atoms with Crippen LogP contribution in [0, 0.1) is 0 Å². The summed E-state index contributed by atoms with van der Waals surface area (Å²) in [5.74, 6) is 0. The number of hydrogen-bond acceptors (Lipinski definition) is 1. The molecule has 1 aromatic heterocycles. The molecule has 0 aliphatic carbocycles. The van der Waals surface area contributed by atoms with E-state index in [2.05, 4.69) is 0 Å². The zero-order chi connectivity index (χ0) is 44.8. The van der Waals surface area contributed by atoms with Gasteiger partial charge in [-0.3, -0.25) is 0 Å². The molecule has 0 saturated carbocycles. The molecule has 0 bridgehead atoms. The third-order valence-electron chi connectivity index (χ3n) is 9.95. The first-order valence-electron chi connectivity index (χ1n) is 23.0. The summed E-state index contributed by atoms with van der Waals surface area (Å²) in [6, 6.07) is 25.5. The molecule has 0 amide bonds. The summed E-state index contributed by atoms with van der Waals surface area (Å²) in [5.41, 5.74) is 2.26. The van der Waals surface area contributed by atoms with Crippen molar-refractivity contribution in [1.82, 2.24) is 0 Å². The Kier molecular flexibility index (Phi) is 3.92. The molecule has 11 aromatic rings. The number of rotatable bonds is 3. The zero-order valence-electron chi connectivity index (χ0n) is 39.7. The Hall–Kier alpha value is -6.70. The molecule has 51 heavy (non-hydrogen) atoms. The molecule has 1 heterocycles. The fraction of sp³-hybridized carbons (Fsp3) is 0. The molecule has 0 N–H and O–H groups in total. The molecular weight excluding hydrogens is 617 g/mol. The van der Waals surface area contributed by atoms with Gasteiger partial charge in [0.25, 0.3) is 0 Å². The van der Waals surface area contributed by atoms with Crippen LogP contribution in [0.5, 0.6) is 0 Å². The highest BCUT2D eigenvalue weighted by Gasteiger charge is 2.20. The average molecular weight is 660 g/mol. The quantitative estimate of drug-likeness (QED) is 0.136. The highest BCUT2D eigenvalue weighted by Crippen LogP contribution is 2.47. The number of para-hydroxylation sites is 1. The zero-order valence-corrected chi connectivity index (χ0v) is 26.7. The Labute approximate surface area is 312 Å². The Morgan fingerprint density at radius 2 is 1.00 bits per heavy atom. The summed E-state index contributed by atoms with van der Waals surface area (Å²) in [5, 5.41) is 5.99. The van der Waals surface area contributed by atoms with E-state index in [1.165, 1.54) is 0 Å². The van der Waals surface area contributed by atoms with Crippen LogP contribution in [0.25, 0.3) is 109 Å². The van der Waals surface area contributed by atoms with Crippen LogP contribution in [0.1, 0.15) is 17.8 Å². The first kappa shape index (κ1) is 18.3. The second-order valence-electron chi connectivity index (χ2n) is 12.6. The Morgan fingerprint density at radius 3 is 1.78 bits per heavy atom. The Morgan fingerprint density at radius 1 is 0.353 bits per heavy atom. The van der Waals surface area contributed by atoms with Gasteiger partial charge in [0.15, 0.2) is 0 Å². The number of fused-ring (bicyclic) bond motifs is 9. The normalized spacial score (nSPS) is 15.5. The predicted octanol–water partition coefficient (Wildman–Crippen LogP) is 14.4. The van der Waals surface area contributed by atoms with Crippen molar-refractivity contribution in [2.24, 2.45) is 0 Å². The summed E-state index contributed by atoms with van der Waals surface area (Å²) in [6.45, 7) is 0. The maximum atomic E-state index is 9.54. The summed E-state index contributed by atoms with van der Waals surface area (Å²) >= 11 is 0. The molecule has 0 unspecified atom stereocenters. The van der Waals surface area contributed by atoms with Crippen molar-refractivity contribution in [1.29, 1.82) is 0 Å². The summed E-state index contributed by atoms with van der Waals surface area (Å²) < 4.78 is 124. The topological polar surface area (TPSA) is 13.1 Å². The van der Waals surface area contributed by atoms with Gasteiger partial charge in [-0.2, -0.15) is 0 Å². The molecule has 10 aromatic carbocycles. The van der Waals surface area contributed by atoms with Crippen LogP contribution in [0.4, 0.5) is 0 Å². The maximum absolute atomic E-state index is 9.54. The monoisotopic (exact) mass is 659 g/mol. The molecule has 0 aliphatic heterocycles. The lowest BCUT2D eigenvalue weighted by Gasteiger charge is -2.19. The molecule has 11 rings (SSSR count). The highest BCUT2D eigenvalue weighted by molar-refractivity contribution is 6.26. The highest BCUT2D eigenvalue weighted by atomic mass is 16.3. The van der Waals surface area contributed by atoms with E-state index in [9.17, 15) is 5.48 Å². The van der Waals surface area contributed by atoms with Gasteiger partial charge in [-0.1, -0.05) is 163 Å². The molecule has 0 aliphatic rings. The Bertz CT molecular complexity index is 3840. The van der Waals surface area contributed by atoms with Gasteiger partial charge in [0, 0.05) is 16.3 Å². The molecule has 0 spiro atoms. The van der Waals surface area contributed by atoms with Crippen molar-refractivity contribution >= 4 is 75.8 Å². The van der Waals surface area contributed by atoms with Crippen molar-refractivity contribution in [2.75, 3.05) is 0 Å². The van der Waals surface area contributed by atoms with Crippen LogP contribution >= 0.6 is 0 Å². The van der Waals surface area contributed by atoms with Crippen LogP contribution in [-0.4, -0.2) is 0 Å². The van der Waals surface area contributed by atoms with Crippen LogP contribution < -0.4 is 0 Å². The average Bonchev–Trinajstić information content (AvgIpc) is 3.69. The summed E-state index contributed by atoms with van der Waals surface area (Å²) in [6.07, 6.45) is 0. The molecular formula is C50H30O. The number of furan rings is 1. The summed E-state index contributed by atoms with van der Waals surface area (Å²) in [4.78, 5) is 0. The van der Waals surface area contributed by atoms with Crippen LogP contribution in [-0.2, 0) is 0 Å². The minimum absolute atomic E-state index is 0.0522. The van der Waals surface area contributed by atoms with E-state index in [0.29, 0.717) is 43.8 Å². The lowest BCUT2D eigenvalue weighted by atomic mass is 9.84. The van der Waals surface area contributed by atoms with Gasteiger partial charge in [-0.15, -0.1) is 0 Å². The predicted molar refractivity (Wildman–Crippen MR) is 218 cm³/mol. The van der Waals surface area contributed by atoms with Gasteiger partial charge in [-0.05, 0) is 99.9 Å². The number of hydrogen-bond donors (Lipinski definition) is 0. The van der Waals surface area contributed by atoms with E-state index in [-0.39, 0.29) is 55.9 Å². The molecule has 1 heteroatoms. The Balaban J connectivity index is 1.35. The van der Waals surface area contributed by atoms with Gasteiger partial charge < -0.3 is 4.42 Å². The minimum atomic E-state index is -0.546. The van der Waals surface area contributed by atoms with Gasteiger partial charge in [0.1, 0.15) is 11.2 Å². The molecule has 0 radical (unpaired) electrons. The van der Waals surface area contributed by atoms with Crippen molar-refractivity contribution in [2.45, 2.75) is 0 Å². The first-order chi connectivity index (χ1) is 30.7. The van der Waals surface area contributed by atoms with Crippen LogP contribution in [0.15, 0.2) is 186 Å². The van der Waals surface area contributed by atoms with Crippen molar-refractivity contribution in [3.05, 3.63) is 182 Å². The van der Waals surface area contributed by atoms with Crippen LogP contribution in [0.2, 0.25) is 0 Å². The molecule has 0 saturated heterocycles. The fourth-order valence-corrected chi connectivity index (χ4v) is 7.80. The lowest BCUT2D eigenvalue weighted by molar-refractivity contribution is 0.670. The lowest BCUT2D eigenvalue weighted by Crippen LogP contribution is -1.92. The van der Waals surface area contributed by atoms with Gasteiger partial charge >= 0.3 is 0 Å². The molecule has 236 valence electrons. The largest absolute Gasteiger partial charge is 0.455 e. The third kappa shape index (κ3) is 4.16. The van der Waals surface area contributed by atoms with E-state index in [1.807, 2.05) is 72.8 Å². The summed E-state index contributed by atoms with van der Waals surface area (Å²) in [7, 11) is 0. The SMILES string of the molecule is [2H]c1c([2H])c([2H])c(-c2c3ccc(-c4c5c([2H])c([2H])c([2H])c([2H])c5c(-c5cccc6c5ccc5ccccc56)c5c([2H])c([2H])c([2H])c([2H])c45)cc3cc3c2oc2ccccc23)c([2H])c1[2H]. The van der Waals surface area contributed by atoms with Gasteiger partial charge in [0.2, 0.25) is 0 Å². The molecule has 0 atom stereocenters. The second kappa shape index (κ2) is 10.9. The minimum Gasteiger partial charge on any atom is -0.455 e. The van der Waals surface area contributed by atoms with Crippen molar-refractivity contribution < 1.29 is 22.2 Å². The fourth-order valence-electron chi connectivity index (χ4n) is 7.80. The second-order valence-corrected chi connectivity index (χ2v) is 12.6. The van der Waals surface area contributed by atoms with E-state index >= 15 is 0 Å². The van der Waals surface area contributed by atoms with E-state index < -0.39 is 66.5 Å².